The van der Waals surface area contributed by atoms with Gasteiger partial charge in [-0.05, 0) is 18.2 Å². The molecule has 19 heavy (non-hydrogen) atoms. The zero-order chi connectivity index (χ0) is 13.9. The lowest BCUT2D eigenvalue weighted by Gasteiger charge is -2.09. The zero-order valence-corrected chi connectivity index (χ0v) is 12.2. The normalized spacial score (nSPS) is 10.7. The standard InChI is InChI=1S/C13H21ClN2O3/c1-3-15-9-11-8-12(14)13(16-10-11)19-7-6-18-5-4-17-2/h8,10,15H,3-7,9H2,1-2H3. The first kappa shape index (κ1) is 16.2. The Hall–Kier alpha value is -0.880. The fourth-order valence-electron chi connectivity index (χ4n) is 1.38. The van der Waals surface area contributed by atoms with Gasteiger partial charge in [-0.25, -0.2) is 4.98 Å². The van der Waals surface area contributed by atoms with Crippen molar-refractivity contribution in [3.8, 4) is 5.88 Å². The lowest BCUT2D eigenvalue weighted by atomic mass is 10.3. The quantitative estimate of drug-likeness (QED) is 0.666. The molecule has 0 radical (unpaired) electrons. The van der Waals surface area contributed by atoms with Gasteiger partial charge in [0.2, 0.25) is 5.88 Å². The van der Waals surface area contributed by atoms with E-state index in [2.05, 4.69) is 17.2 Å². The van der Waals surface area contributed by atoms with Crippen molar-refractivity contribution in [2.75, 3.05) is 40.1 Å². The molecule has 0 aliphatic rings. The van der Waals surface area contributed by atoms with Gasteiger partial charge in [-0.2, -0.15) is 0 Å². The maximum absolute atomic E-state index is 6.09. The van der Waals surface area contributed by atoms with Crippen LogP contribution in [0, 0.1) is 0 Å². The smallest absolute Gasteiger partial charge is 0.232 e. The number of aromatic nitrogens is 1. The summed E-state index contributed by atoms with van der Waals surface area (Å²) in [5.74, 6) is 0.442. The molecule has 1 rings (SSSR count). The van der Waals surface area contributed by atoms with Crippen molar-refractivity contribution in [3.05, 3.63) is 22.8 Å². The summed E-state index contributed by atoms with van der Waals surface area (Å²) in [5, 5.41) is 3.73. The number of hydrogen-bond acceptors (Lipinski definition) is 5. The third kappa shape index (κ3) is 6.73. The molecule has 108 valence electrons. The van der Waals surface area contributed by atoms with E-state index in [0.29, 0.717) is 37.3 Å². The lowest BCUT2D eigenvalue weighted by molar-refractivity contribution is 0.0537. The molecule has 0 amide bonds. The van der Waals surface area contributed by atoms with E-state index in [1.807, 2.05) is 6.07 Å². The van der Waals surface area contributed by atoms with Crippen LogP contribution < -0.4 is 10.1 Å². The molecule has 0 saturated heterocycles. The maximum Gasteiger partial charge on any atom is 0.232 e. The van der Waals surface area contributed by atoms with Gasteiger partial charge in [0.25, 0.3) is 0 Å². The molecular weight excluding hydrogens is 268 g/mol. The summed E-state index contributed by atoms with van der Waals surface area (Å²) in [5.41, 5.74) is 1.04. The van der Waals surface area contributed by atoms with Gasteiger partial charge in [-0.15, -0.1) is 0 Å². The van der Waals surface area contributed by atoms with Gasteiger partial charge in [0.1, 0.15) is 11.6 Å². The summed E-state index contributed by atoms with van der Waals surface area (Å²) < 4.78 is 15.6. The van der Waals surface area contributed by atoms with Gasteiger partial charge in [0, 0.05) is 19.9 Å². The molecular formula is C13H21ClN2O3. The number of nitrogens with one attached hydrogen (secondary N) is 1. The van der Waals surface area contributed by atoms with Crippen LogP contribution in [0.2, 0.25) is 5.02 Å². The monoisotopic (exact) mass is 288 g/mol. The predicted octanol–water partition coefficient (Wildman–Crippen LogP) is 1.89. The average Bonchev–Trinajstić information content (AvgIpc) is 2.42. The van der Waals surface area contributed by atoms with E-state index < -0.39 is 0 Å². The van der Waals surface area contributed by atoms with Gasteiger partial charge < -0.3 is 19.5 Å². The molecule has 6 heteroatoms. The minimum Gasteiger partial charge on any atom is -0.474 e. The average molecular weight is 289 g/mol. The van der Waals surface area contributed by atoms with Gasteiger partial charge in [0.05, 0.1) is 19.8 Å². The molecule has 0 atom stereocenters. The van der Waals surface area contributed by atoms with Crippen LogP contribution in [0.15, 0.2) is 12.3 Å². The second-order valence-electron chi connectivity index (χ2n) is 3.86. The van der Waals surface area contributed by atoms with Crippen molar-refractivity contribution in [1.82, 2.24) is 10.3 Å². The van der Waals surface area contributed by atoms with E-state index in [0.717, 1.165) is 18.7 Å². The number of hydrogen-bond donors (Lipinski definition) is 1. The summed E-state index contributed by atoms with van der Waals surface area (Å²) in [6.45, 7) is 5.76. The highest BCUT2D eigenvalue weighted by Crippen LogP contribution is 2.22. The van der Waals surface area contributed by atoms with Crippen LogP contribution >= 0.6 is 11.6 Å². The Labute approximate surface area is 119 Å². The Balaban J connectivity index is 2.29. The molecule has 0 fully saturated rings. The molecule has 0 aromatic carbocycles. The Bertz CT molecular complexity index is 364. The van der Waals surface area contributed by atoms with Gasteiger partial charge >= 0.3 is 0 Å². The minimum atomic E-state index is 0.420. The number of rotatable bonds is 10. The Morgan fingerprint density at radius 2 is 2.05 bits per heavy atom. The van der Waals surface area contributed by atoms with Crippen LogP contribution in [-0.2, 0) is 16.0 Å². The Morgan fingerprint density at radius 1 is 1.26 bits per heavy atom. The number of halogens is 1. The van der Waals surface area contributed by atoms with Crippen LogP contribution in [0.5, 0.6) is 5.88 Å². The number of methoxy groups -OCH3 is 1. The molecule has 0 unspecified atom stereocenters. The molecule has 0 bridgehead atoms. The number of ether oxygens (including phenoxy) is 3. The van der Waals surface area contributed by atoms with Crippen molar-refractivity contribution in [1.29, 1.82) is 0 Å². The summed E-state index contributed by atoms with van der Waals surface area (Å²) in [4.78, 5) is 4.19. The molecule has 0 aliphatic heterocycles. The first-order valence-electron chi connectivity index (χ1n) is 6.32. The van der Waals surface area contributed by atoms with Crippen molar-refractivity contribution in [2.45, 2.75) is 13.5 Å². The Kier molecular flexibility index (Phi) is 8.49. The SMILES string of the molecule is CCNCc1cnc(OCCOCCOC)c(Cl)c1. The van der Waals surface area contributed by atoms with Crippen molar-refractivity contribution >= 4 is 11.6 Å². The Morgan fingerprint density at radius 3 is 2.74 bits per heavy atom. The predicted molar refractivity (Wildman–Crippen MR) is 74.8 cm³/mol. The molecule has 1 aromatic heterocycles. The molecule has 1 N–H and O–H groups in total. The van der Waals surface area contributed by atoms with Crippen LogP contribution in [0.25, 0.3) is 0 Å². The summed E-state index contributed by atoms with van der Waals surface area (Å²) in [6, 6.07) is 1.86. The van der Waals surface area contributed by atoms with E-state index in [-0.39, 0.29) is 0 Å². The van der Waals surface area contributed by atoms with Crippen LogP contribution in [-0.4, -0.2) is 45.1 Å². The molecule has 1 heterocycles. The highest BCUT2D eigenvalue weighted by atomic mass is 35.5. The summed E-state index contributed by atoms with van der Waals surface area (Å²) in [7, 11) is 1.64. The van der Waals surface area contributed by atoms with Crippen LogP contribution in [0.4, 0.5) is 0 Å². The van der Waals surface area contributed by atoms with Crippen molar-refractivity contribution < 1.29 is 14.2 Å². The zero-order valence-electron chi connectivity index (χ0n) is 11.4. The topological polar surface area (TPSA) is 52.6 Å². The van der Waals surface area contributed by atoms with Crippen LogP contribution in [0.1, 0.15) is 12.5 Å². The van der Waals surface area contributed by atoms with E-state index in [1.165, 1.54) is 0 Å². The van der Waals surface area contributed by atoms with Gasteiger partial charge in [-0.1, -0.05) is 18.5 Å². The molecule has 0 spiro atoms. The van der Waals surface area contributed by atoms with E-state index in [9.17, 15) is 0 Å². The first-order valence-corrected chi connectivity index (χ1v) is 6.70. The van der Waals surface area contributed by atoms with Crippen LogP contribution in [0.3, 0.4) is 0 Å². The molecule has 0 aliphatic carbocycles. The largest absolute Gasteiger partial charge is 0.474 e. The molecule has 1 aromatic rings. The molecule has 5 nitrogen and oxygen atoms in total. The van der Waals surface area contributed by atoms with E-state index >= 15 is 0 Å². The number of nitrogens with zero attached hydrogens (tertiary/aromatic N) is 1. The minimum absolute atomic E-state index is 0.420. The van der Waals surface area contributed by atoms with E-state index in [4.69, 9.17) is 25.8 Å². The van der Waals surface area contributed by atoms with Gasteiger partial charge in [0.15, 0.2) is 0 Å². The second kappa shape index (κ2) is 9.97. The maximum atomic E-state index is 6.09. The number of pyridine rings is 1. The second-order valence-corrected chi connectivity index (χ2v) is 4.27. The lowest BCUT2D eigenvalue weighted by Crippen LogP contribution is -2.13. The summed E-state index contributed by atoms with van der Waals surface area (Å²) >= 11 is 6.09. The van der Waals surface area contributed by atoms with Crippen molar-refractivity contribution in [2.24, 2.45) is 0 Å². The van der Waals surface area contributed by atoms with Crippen molar-refractivity contribution in [3.63, 3.8) is 0 Å². The highest BCUT2D eigenvalue weighted by Gasteiger charge is 2.04. The summed E-state index contributed by atoms with van der Waals surface area (Å²) in [6.07, 6.45) is 1.76. The third-order valence-corrected chi connectivity index (χ3v) is 2.61. The van der Waals surface area contributed by atoms with E-state index in [1.54, 1.807) is 13.3 Å². The fourth-order valence-corrected chi connectivity index (χ4v) is 1.62. The fraction of sp³-hybridized carbons (Fsp3) is 0.615. The molecule has 0 saturated carbocycles. The first-order chi connectivity index (χ1) is 9.27. The highest BCUT2D eigenvalue weighted by molar-refractivity contribution is 6.31. The van der Waals surface area contributed by atoms with Gasteiger partial charge in [-0.3, -0.25) is 0 Å². The third-order valence-electron chi connectivity index (χ3n) is 2.34.